The van der Waals surface area contributed by atoms with E-state index in [-0.39, 0.29) is 18.5 Å². The number of anilines is 1. The van der Waals surface area contributed by atoms with E-state index in [4.69, 9.17) is 10.4 Å². The summed E-state index contributed by atoms with van der Waals surface area (Å²) in [4.78, 5) is 21.8. The third kappa shape index (κ3) is 5.18. The molecule has 1 amide bonds. The minimum absolute atomic E-state index is 0.0762. The predicted octanol–water partition coefficient (Wildman–Crippen LogP) is 1.24. The van der Waals surface area contributed by atoms with Crippen LogP contribution < -0.4 is 10.6 Å². The van der Waals surface area contributed by atoms with Crippen molar-refractivity contribution in [2.75, 3.05) is 11.9 Å². The fourth-order valence-corrected chi connectivity index (χ4v) is 1.26. The number of carboxylic acids is 1. The molecule has 0 fully saturated rings. The van der Waals surface area contributed by atoms with Gasteiger partial charge in [-0.05, 0) is 18.2 Å². The molecule has 20 heavy (non-hydrogen) atoms. The molecule has 0 aromatic heterocycles. The van der Waals surface area contributed by atoms with Crippen molar-refractivity contribution >= 4 is 17.6 Å². The van der Waals surface area contributed by atoms with Crippen LogP contribution in [0.1, 0.15) is 6.42 Å². The molecule has 0 saturated heterocycles. The first-order chi connectivity index (χ1) is 9.52. The monoisotopic (exact) mass is 277 g/mol. The van der Waals surface area contributed by atoms with Gasteiger partial charge in [0, 0.05) is 18.4 Å². The molecule has 0 aliphatic carbocycles. The van der Waals surface area contributed by atoms with Gasteiger partial charge in [-0.1, -0.05) is 6.07 Å². The van der Waals surface area contributed by atoms with Crippen LogP contribution in [-0.4, -0.2) is 23.5 Å². The van der Waals surface area contributed by atoms with Crippen LogP contribution in [-0.2, 0) is 9.59 Å². The second kappa shape index (κ2) is 7.53. The van der Waals surface area contributed by atoms with Crippen molar-refractivity contribution in [2.24, 2.45) is 0 Å². The molecule has 0 spiro atoms. The van der Waals surface area contributed by atoms with Gasteiger partial charge in [-0.15, -0.1) is 0 Å². The number of hydrogen-bond acceptors (Lipinski definition) is 4. The summed E-state index contributed by atoms with van der Waals surface area (Å²) in [6.45, 7) is -0.0762. The minimum Gasteiger partial charge on any atom is -0.481 e. The Hall–Kier alpha value is -2.88. The van der Waals surface area contributed by atoms with E-state index in [1.165, 1.54) is 18.2 Å². The Morgan fingerprint density at radius 2 is 2.20 bits per heavy atom. The summed E-state index contributed by atoms with van der Waals surface area (Å²) in [5, 5.41) is 22.2. The quantitative estimate of drug-likeness (QED) is 0.536. The fourth-order valence-electron chi connectivity index (χ4n) is 1.26. The molecule has 6 nitrogen and oxygen atoms in total. The Morgan fingerprint density at radius 1 is 1.45 bits per heavy atom. The van der Waals surface area contributed by atoms with E-state index in [1.807, 2.05) is 0 Å². The molecule has 1 rings (SSSR count). The zero-order chi connectivity index (χ0) is 15.0. The van der Waals surface area contributed by atoms with E-state index >= 15 is 0 Å². The number of nitrogens with zero attached hydrogens (tertiary/aromatic N) is 1. The topological polar surface area (TPSA) is 102 Å². The molecule has 0 aliphatic heterocycles. The van der Waals surface area contributed by atoms with Crippen LogP contribution in [0.5, 0.6) is 0 Å². The number of benzene rings is 1. The maximum atomic E-state index is 12.9. The van der Waals surface area contributed by atoms with Gasteiger partial charge < -0.3 is 15.7 Å². The van der Waals surface area contributed by atoms with Crippen LogP contribution in [0.4, 0.5) is 10.1 Å². The zero-order valence-electron chi connectivity index (χ0n) is 10.4. The first-order valence-corrected chi connectivity index (χ1v) is 5.65. The van der Waals surface area contributed by atoms with Gasteiger partial charge in [-0.2, -0.15) is 5.26 Å². The Labute approximate surface area is 114 Å². The highest BCUT2D eigenvalue weighted by Crippen LogP contribution is 2.09. The van der Waals surface area contributed by atoms with Crippen LogP contribution in [0.3, 0.4) is 0 Å². The SMILES string of the molecule is N#C/C(=C/Nc1cccc(F)c1)C(=O)NCCC(=O)O. The highest BCUT2D eigenvalue weighted by atomic mass is 19.1. The molecule has 0 unspecified atom stereocenters. The maximum absolute atomic E-state index is 12.9. The third-order valence-corrected chi connectivity index (χ3v) is 2.20. The summed E-state index contributed by atoms with van der Waals surface area (Å²) in [7, 11) is 0. The summed E-state index contributed by atoms with van der Waals surface area (Å²) in [5.74, 6) is -2.20. The Balaban J connectivity index is 2.61. The summed E-state index contributed by atoms with van der Waals surface area (Å²) in [6.07, 6.45) is 0.895. The Morgan fingerprint density at radius 3 is 2.80 bits per heavy atom. The van der Waals surface area contributed by atoms with Gasteiger partial charge in [0.2, 0.25) is 0 Å². The molecular weight excluding hydrogens is 265 g/mol. The molecular formula is C13H12FN3O3. The first-order valence-electron chi connectivity index (χ1n) is 5.65. The van der Waals surface area contributed by atoms with Crippen molar-refractivity contribution in [1.82, 2.24) is 5.32 Å². The molecule has 0 saturated carbocycles. The molecule has 0 aliphatic rings. The van der Waals surface area contributed by atoms with Crippen LogP contribution in [0.25, 0.3) is 0 Å². The Kier molecular flexibility index (Phi) is 5.72. The average molecular weight is 277 g/mol. The molecule has 0 heterocycles. The molecule has 1 aromatic rings. The highest BCUT2D eigenvalue weighted by molar-refractivity contribution is 5.97. The molecule has 104 valence electrons. The van der Waals surface area contributed by atoms with Gasteiger partial charge in [-0.3, -0.25) is 9.59 Å². The van der Waals surface area contributed by atoms with Crippen molar-refractivity contribution in [3.63, 3.8) is 0 Å². The number of amides is 1. The lowest BCUT2D eigenvalue weighted by molar-refractivity contribution is -0.136. The lowest BCUT2D eigenvalue weighted by atomic mass is 10.2. The first kappa shape index (κ1) is 15.2. The van der Waals surface area contributed by atoms with Crippen LogP contribution in [0.2, 0.25) is 0 Å². The summed E-state index contributed by atoms with van der Waals surface area (Å²) >= 11 is 0. The lowest BCUT2D eigenvalue weighted by Crippen LogP contribution is -2.27. The third-order valence-electron chi connectivity index (χ3n) is 2.20. The van der Waals surface area contributed by atoms with Crippen LogP contribution >= 0.6 is 0 Å². The summed E-state index contributed by atoms with van der Waals surface area (Å²) < 4.78 is 12.9. The minimum atomic E-state index is -1.05. The predicted molar refractivity (Wildman–Crippen MR) is 69.0 cm³/mol. The standard InChI is InChI=1S/C13H12FN3O3/c14-10-2-1-3-11(6-10)17-8-9(7-15)13(20)16-5-4-12(18)19/h1-3,6,8,17H,4-5H2,(H,16,20)(H,18,19)/b9-8-. The number of aliphatic carboxylic acids is 1. The van der Waals surface area contributed by atoms with E-state index < -0.39 is 17.7 Å². The lowest BCUT2D eigenvalue weighted by Gasteiger charge is -2.04. The highest BCUT2D eigenvalue weighted by Gasteiger charge is 2.08. The van der Waals surface area contributed by atoms with Gasteiger partial charge in [0.1, 0.15) is 17.5 Å². The Bertz CT molecular complexity index is 578. The van der Waals surface area contributed by atoms with Gasteiger partial charge >= 0.3 is 5.97 Å². The van der Waals surface area contributed by atoms with E-state index in [2.05, 4.69) is 10.6 Å². The zero-order valence-corrected chi connectivity index (χ0v) is 10.4. The fraction of sp³-hybridized carbons (Fsp3) is 0.154. The normalized spacial score (nSPS) is 10.5. The van der Waals surface area contributed by atoms with Crippen molar-refractivity contribution in [2.45, 2.75) is 6.42 Å². The number of hydrogen-bond donors (Lipinski definition) is 3. The molecule has 3 N–H and O–H groups in total. The number of nitriles is 1. The maximum Gasteiger partial charge on any atom is 0.305 e. The van der Waals surface area contributed by atoms with Crippen molar-refractivity contribution in [1.29, 1.82) is 5.26 Å². The van der Waals surface area contributed by atoms with E-state index in [0.29, 0.717) is 5.69 Å². The number of carbonyl (C=O) groups excluding carboxylic acids is 1. The molecule has 0 bridgehead atoms. The number of carboxylic acid groups (broad SMARTS) is 1. The number of nitrogens with one attached hydrogen (secondary N) is 2. The van der Waals surface area contributed by atoms with Crippen molar-refractivity contribution in [3.8, 4) is 6.07 Å². The van der Waals surface area contributed by atoms with E-state index in [0.717, 1.165) is 6.20 Å². The smallest absolute Gasteiger partial charge is 0.305 e. The number of halogens is 1. The van der Waals surface area contributed by atoms with E-state index in [1.54, 1.807) is 12.1 Å². The van der Waals surface area contributed by atoms with Gasteiger partial charge in [0.15, 0.2) is 0 Å². The largest absolute Gasteiger partial charge is 0.481 e. The van der Waals surface area contributed by atoms with E-state index in [9.17, 15) is 14.0 Å². The molecule has 0 radical (unpaired) electrons. The number of carbonyl (C=O) groups is 2. The van der Waals surface area contributed by atoms with Crippen molar-refractivity contribution in [3.05, 3.63) is 41.9 Å². The molecule has 7 heteroatoms. The van der Waals surface area contributed by atoms with Gasteiger partial charge in [0.05, 0.1) is 6.42 Å². The van der Waals surface area contributed by atoms with Gasteiger partial charge in [0.25, 0.3) is 5.91 Å². The average Bonchev–Trinajstić information content (AvgIpc) is 2.39. The van der Waals surface area contributed by atoms with Crippen molar-refractivity contribution < 1.29 is 19.1 Å². The molecule has 0 atom stereocenters. The summed E-state index contributed by atoms with van der Waals surface area (Å²) in [5.41, 5.74) is 0.149. The molecule has 1 aromatic carbocycles. The second-order valence-electron chi connectivity index (χ2n) is 3.72. The van der Waals surface area contributed by atoms with Gasteiger partial charge in [-0.25, -0.2) is 4.39 Å². The van der Waals surface area contributed by atoms with Crippen LogP contribution in [0, 0.1) is 17.1 Å². The second-order valence-corrected chi connectivity index (χ2v) is 3.72. The number of rotatable bonds is 6. The summed E-state index contributed by atoms with van der Waals surface area (Å²) in [6, 6.07) is 7.18. The van der Waals surface area contributed by atoms with Crippen LogP contribution in [0.15, 0.2) is 36.0 Å².